The monoisotopic (exact) mass is 269 g/mol. The van der Waals surface area contributed by atoms with Gasteiger partial charge in [-0.15, -0.1) is 11.3 Å². The Labute approximate surface area is 108 Å². The van der Waals surface area contributed by atoms with E-state index >= 15 is 0 Å². The molecule has 1 atom stereocenters. The van der Waals surface area contributed by atoms with Crippen LogP contribution in [0.5, 0.6) is 0 Å². The first-order valence-electron chi connectivity index (χ1n) is 5.21. The van der Waals surface area contributed by atoms with Crippen LogP contribution in [0, 0.1) is 0 Å². The molecule has 0 saturated heterocycles. The molecule has 1 N–H and O–H groups in total. The largest absolute Gasteiger partial charge is 0.477 e. The number of aromatic nitrogens is 1. The SMILES string of the molecule is CC(Cc1cccs1)n1cc(Cl)cc1C(=O)O. The fourth-order valence-electron chi connectivity index (χ4n) is 1.80. The lowest BCUT2D eigenvalue weighted by atomic mass is 10.2. The summed E-state index contributed by atoms with van der Waals surface area (Å²) in [6.45, 7) is 1.99. The van der Waals surface area contributed by atoms with E-state index in [4.69, 9.17) is 16.7 Å². The van der Waals surface area contributed by atoms with Crippen LogP contribution in [-0.2, 0) is 6.42 Å². The summed E-state index contributed by atoms with van der Waals surface area (Å²) in [5.74, 6) is -0.949. The van der Waals surface area contributed by atoms with E-state index in [2.05, 4.69) is 0 Å². The van der Waals surface area contributed by atoms with Crippen molar-refractivity contribution in [3.8, 4) is 0 Å². The van der Waals surface area contributed by atoms with Crippen molar-refractivity contribution in [3.05, 3.63) is 45.4 Å². The molecule has 0 spiro atoms. The maximum absolute atomic E-state index is 11.1. The Morgan fingerprint density at radius 2 is 2.41 bits per heavy atom. The molecule has 1 unspecified atom stereocenters. The number of thiophene rings is 1. The quantitative estimate of drug-likeness (QED) is 0.919. The van der Waals surface area contributed by atoms with Crippen molar-refractivity contribution in [2.75, 3.05) is 0 Å². The third-order valence-corrected chi connectivity index (χ3v) is 3.69. The van der Waals surface area contributed by atoms with E-state index in [1.807, 2.05) is 24.4 Å². The molecular weight excluding hydrogens is 258 g/mol. The van der Waals surface area contributed by atoms with Gasteiger partial charge in [0.15, 0.2) is 0 Å². The molecule has 2 aromatic heterocycles. The van der Waals surface area contributed by atoms with Crippen molar-refractivity contribution in [1.82, 2.24) is 4.57 Å². The van der Waals surface area contributed by atoms with Crippen molar-refractivity contribution in [2.45, 2.75) is 19.4 Å². The Hall–Kier alpha value is -1.26. The van der Waals surface area contributed by atoms with Crippen LogP contribution in [0.2, 0.25) is 5.02 Å². The van der Waals surface area contributed by atoms with E-state index in [0.29, 0.717) is 5.02 Å². The van der Waals surface area contributed by atoms with E-state index < -0.39 is 5.97 Å². The summed E-state index contributed by atoms with van der Waals surface area (Å²) in [5.41, 5.74) is 0.235. The van der Waals surface area contributed by atoms with Gasteiger partial charge in [-0.25, -0.2) is 4.79 Å². The van der Waals surface area contributed by atoms with Gasteiger partial charge in [-0.2, -0.15) is 0 Å². The highest BCUT2D eigenvalue weighted by molar-refractivity contribution is 7.09. The first kappa shape index (κ1) is 12.2. The molecule has 0 aliphatic rings. The van der Waals surface area contributed by atoms with E-state index in [9.17, 15) is 4.79 Å². The predicted molar refractivity (Wildman–Crippen MR) is 69.1 cm³/mol. The first-order valence-corrected chi connectivity index (χ1v) is 6.46. The fourth-order valence-corrected chi connectivity index (χ4v) is 2.83. The van der Waals surface area contributed by atoms with Crippen LogP contribution in [0.1, 0.15) is 28.3 Å². The van der Waals surface area contributed by atoms with Crippen LogP contribution < -0.4 is 0 Å². The zero-order chi connectivity index (χ0) is 12.4. The van der Waals surface area contributed by atoms with Crippen molar-refractivity contribution in [2.24, 2.45) is 0 Å². The molecule has 0 aromatic carbocycles. The maximum Gasteiger partial charge on any atom is 0.352 e. The summed E-state index contributed by atoms with van der Waals surface area (Å²) in [6.07, 6.45) is 2.48. The highest BCUT2D eigenvalue weighted by Gasteiger charge is 2.16. The van der Waals surface area contributed by atoms with E-state index in [-0.39, 0.29) is 11.7 Å². The van der Waals surface area contributed by atoms with Gasteiger partial charge in [-0.1, -0.05) is 17.7 Å². The molecule has 0 radical (unpaired) electrons. The number of aromatic carboxylic acids is 1. The Morgan fingerprint density at radius 3 is 3.00 bits per heavy atom. The Morgan fingerprint density at radius 1 is 1.65 bits per heavy atom. The van der Waals surface area contributed by atoms with Gasteiger partial charge in [0, 0.05) is 23.5 Å². The highest BCUT2D eigenvalue weighted by atomic mass is 35.5. The van der Waals surface area contributed by atoms with Crippen LogP contribution in [0.15, 0.2) is 29.8 Å². The van der Waals surface area contributed by atoms with Crippen LogP contribution in [0.25, 0.3) is 0 Å². The second kappa shape index (κ2) is 4.94. The molecule has 0 saturated carbocycles. The van der Waals surface area contributed by atoms with Gasteiger partial charge in [0.25, 0.3) is 0 Å². The lowest BCUT2D eigenvalue weighted by molar-refractivity contribution is 0.0683. The smallest absolute Gasteiger partial charge is 0.352 e. The van der Waals surface area contributed by atoms with Gasteiger partial charge in [-0.05, 0) is 24.4 Å². The second-order valence-electron chi connectivity index (χ2n) is 3.89. The van der Waals surface area contributed by atoms with Crippen LogP contribution in [0.3, 0.4) is 0 Å². The minimum Gasteiger partial charge on any atom is -0.477 e. The van der Waals surface area contributed by atoms with E-state index in [1.165, 1.54) is 10.9 Å². The molecule has 0 amide bonds. The molecule has 2 heterocycles. The van der Waals surface area contributed by atoms with Gasteiger partial charge >= 0.3 is 5.97 Å². The lowest BCUT2D eigenvalue weighted by Gasteiger charge is -2.14. The number of halogens is 1. The average Bonchev–Trinajstić information content (AvgIpc) is 2.86. The molecule has 5 heteroatoms. The molecule has 90 valence electrons. The fraction of sp³-hybridized carbons (Fsp3) is 0.250. The zero-order valence-electron chi connectivity index (χ0n) is 9.26. The van der Waals surface area contributed by atoms with Crippen molar-refractivity contribution in [3.63, 3.8) is 0 Å². The maximum atomic E-state index is 11.1. The molecular formula is C12H12ClNO2S. The van der Waals surface area contributed by atoms with Crippen molar-refractivity contribution >= 4 is 28.9 Å². The standard InChI is InChI=1S/C12H12ClNO2S/c1-8(5-10-3-2-4-17-10)14-7-9(13)6-11(14)12(15)16/h2-4,6-8H,5H2,1H3,(H,15,16). The number of nitrogens with zero attached hydrogens (tertiary/aromatic N) is 1. The number of carboxylic acid groups (broad SMARTS) is 1. The Kier molecular flexibility index (Phi) is 3.54. The third kappa shape index (κ3) is 2.70. The average molecular weight is 270 g/mol. The predicted octanol–water partition coefficient (Wildman–Crippen LogP) is 3.70. The number of rotatable bonds is 4. The Bertz CT molecular complexity index is 519. The number of carbonyl (C=O) groups is 1. The van der Waals surface area contributed by atoms with Crippen LogP contribution in [0.4, 0.5) is 0 Å². The summed E-state index contributed by atoms with van der Waals surface area (Å²) in [4.78, 5) is 12.3. The summed E-state index contributed by atoms with van der Waals surface area (Å²) >= 11 is 7.53. The first-order chi connectivity index (χ1) is 8.08. The highest BCUT2D eigenvalue weighted by Crippen LogP contribution is 2.23. The molecule has 0 aliphatic carbocycles. The van der Waals surface area contributed by atoms with Gasteiger partial charge in [0.05, 0.1) is 5.02 Å². The summed E-state index contributed by atoms with van der Waals surface area (Å²) in [5, 5.41) is 11.6. The van der Waals surface area contributed by atoms with E-state index in [0.717, 1.165) is 6.42 Å². The van der Waals surface area contributed by atoms with Crippen molar-refractivity contribution < 1.29 is 9.90 Å². The lowest BCUT2D eigenvalue weighted by Crippen LogP contribution is -2.13. The topological polar surface area (TPSA) is 42.2 Å². The van der Waals surface area contributed by atoms with Gasteiger partial charge in [-0.3, -0.25) is 0 Å². The minimum absolute atomic E-state index is 0.0762. The number of carboxylic acids is 1. The molecule has 2 rings (SSSR count). The summed E-state index contributed by atoms with van der Waals surface area (Å²) < 4.78 is 1.71. The van der Waals surface area contributed by atoms with Crippen molar-refractivity contribution in [1.29, 1.82) is 0 Å². The third-order valence-electron chi connectivity index (χ3n) is 2.59. The number of hydrogen-bond acceptors (Lipinski definition) is 2. The molecule has 2 aromatic rings. The molecule has 0 fully saturated rings. The molecule has 17 heavy (non-hydrogen) atoms. The summed E-state index contributed by atoms with van der Waals surface area (Å²) in [7, 11) is 0. The van der Waals surface area contributed by atoms with Crippen LogP contribution in [-0.4, -0.2) is 15.6 Å². The second-order valence-corrected chi connectivity index (χ2v) is 5.36. The van der Waals surface area contributed by atoms with Gasteiger partial charge < -0.3 is 9.67 Å². The molecule has 0 bridgehead atoms. The normalized spacial score (nSPS) is 12.6. The van der Waals surface area contributed by atoms with Gasteiger partial charge in [0.2, 0.25) is 0 Å². The zero-order valence-corrected chi connectivity index (χ0v) is 10.8. The minimum atomic E-state index is -0.949. The van der Waals surface area contributed by atoms with E-state index in [1.54, 1.807) is 22.1 Å². The van der Waals surface area contributed by atoms with Gasteiger partial charge in [0.1, 0.15) is 5.69 Å². The van der Waals surface area contributed by atoms with Crippen LogP contribution >= 0.6 is 22.9 Å². The summed E-state index contributed by atoms with van der Waals surface area (Å²) in [6, 6.07) is 5.60. The molecule has 3 nitrogen and oxygen atoms in total. The Balaban J connectivity index is 2.24. The molecule has 0 aliphatic heterocycles. The number of hydrogen-bond donors (Lipinski definition) is 1.